The molecule has 0 aliphatic heterocycles. The van der Waals surface area contributed by atoms with Crippen molar-refractivity contribution in [2.75, 3.05) is 6.61 Å². The molecule has 0 saturated carbocycles. The summed E-state index contributed by atoms with van der Waals surface area (Å²) in [6, 6.07) is 10.7. The first-order chi connectivity index (χ1) is 15.1. The number of aromatic nitrogens is 1. The van der Waals surface area contributed by atoms with E-state index in [1.165, 1.54) is 24.3 Å². The van der Waals surface area contributed by atoms with E-state index in [1.807, 2.05) is 10.6 Å². The summed E-state index contributed by atoms with van der Waals surface area (Å²) < 4.78 is 48.6. The Balaban J connectivity index is 1.76. The number of fused-ring (bicyclic) bond motifs is 3. The molecular weight excluding hydrogens is 429 g/mol. The fourth-order valence-corrected chi connectivity index (χ4v) is 4.22. The first-order valence-electron chi connectivity index (χ1n) is 9.76. The van der Waals surface area contributed by atoms with E-state index in [-0.39, 0.29) is 5.75 Å². The first kappa shape index (κ1) is 21.5. The van der Waals surface area contributed by atoms with Gasteiger partial charge in [-0.05, 0) is 48.2 Å². The van der Waals surface area contributed by atoms with Gasteiger partial charge in [-0.25, -0.2) is 4.79 Å². The number of rotatable bonds is 7. The zero-order chi connectivity index (χ0) is 23.0. The van der Waals surface area contributed by atoms with E-state index >= 15 is 0 Å². The van der Waals surface area contributed by atoms with Crippen molar-refractivity contribution in [2.45, 2.75) is 31.7 Å². The van der Waals surface area contributed by atoms with Crippen molar-refractivity contribution < 1.29 is 37.3 Å². The monoisotopic (exact) mass is 448 g/mol. The molecule has 1 aliphatic rings. The average Bonchev–Trinajstić information content (AvgIpc) is 3.26. The van der Waals surface area contributed by atoms with Crippen LogP contribution in [0.5, 0.6) is 11.5 Å². The highest BCUT2D eigenvalue weighted by atomic mass is 19.4. The van der Waals surface area contributed by atoms with Crippen LogP contribution in [0.15, 0.2) is 42.5 Å². The summed E-state index contributed by atoms with van der Waals surface area (Å²) >= 11 is 0. The second-order valence-corrected chi connectivity index (χ2v) is 7.46. The highest BCUT2D eigenvalue weighted by Gasteiger charge is 2.35. The van der Waals surface area contributed by atoms with Crippen LogP contribution in [-0.4, -0.2) is 34.5 Å². The van der Waals surface area contributed by atoms with Gasteiger partial charge in [-0.3, -0.25) is 4.79 Å². The Morgan fingerprint density at radius 1 is 1.16 bits per heavy atom. The van der Waals surface area contributed by atoms with Gasteiger partial charge >= 0.3 is 12.3 Å². The number of nitrogens with two attached hydrogens (primary N) is 1. The molecular formula is C22H19F3N2O5. The van der Waals surface area contributed by atoms with Gasteiger partial charge in [-0.2, -0.15) is 0 Å². The summed E-state index contributed by atoms with van der Waals surface area (Å²) in [5.74, 6) is -2.13. The van der Waals surface area contributed by atoms with Crippen molar-refractivity contribution in [1.29, 1.82) is 0 Å². The van der Waals surface area contributed by atoms with Crippen LogP contribution in [0.1, 0.15) is 29.2 Å². The molecule has 1 unspecified atom stereocenters. The van der Waals surface area contributed by atoms with E-state index in [0.29, 0.717) is 36.1 Å². The number of benzene rings is 2. The minimum absolute atomic E-state index is 0.318. The SMILES string of the molecule is NC(=O)C1CCc2c1c1c(OCC(=O)O)cccc1n2Cc1ccc(OC(F)(F)F)cc1. The van der Waals surface area contributed by atoms with Crippen molar-refractivity contribution in [3.63, 3.8) is 0 Å². The zero-order valence-corrected chi connectivity index (χ0v) is 16.7. The number of amides is 1. The number of hydrogen-bond acceptors (Lipinski definition) is 4. The number of carboxylic acids is 1. The Kier molecular flexibility index (Phi) is 5.45. The lowest BCUT2D eigenvalue weighted by molar-refractivity contribution is -0.274. The van der Waals surface area contributed by atoms with Gasteiger partial charge in [0.15, 0.2) is 6.61 Å². The van der Waals surface area contributed by atoms with E-state index in [0.717, 1.165) is 16.8 Å². The van der Waals surface area contributed by atoms with E-state index in [1.54, 1.807) is 12.1 Å². The van der Waals surface area contributed by atoms with Crippen molar-refractivity contribution in [2.24, 2.45) is 5.73 Å². The normalized spacial score (nSPS) is 15.5. The van der Waals surface area contributed by atoms with E-state index < -0.39 is 30.8 Å². The number of carboxylic acid groups (broad SMARTS) is 1. The number of hydrogen-bond donors (Lipinski definition) is 2. The van der Waals surface area contributed by atoms with Crippen molar-refractivity contribution in [1.82, 2.24) is 4.57 Å². The molecule has 3 N–H and O–H groups in total. The van der Waals surface area contributed by atoms with Crippen LogP contribution < -0.4 is 15.2 Å². The number of alkyl halides is 3. The Morgan fingerprint density at radius 3 is 2.50 bits per heavy atom. The minimum atomic E-state index is -4.77. The topological polar surface area (TPSA) is 104 Å². The van der Waals surface area contributed by atoms with Gasteiger partial charge in [-0.15, -0.1) is 13.2 Å². The van der Waals surface area contributed by atoms with Crippen LogP contribution >= 0.6 is 0 Å². The fourth-order valence-electron chi connectivity index (χ4n) is 4.22. The van der Waals surface area contributed by atoms with Gasteiger partial charge < -0.3 is 24.9 Å². The Hall–Kier alpha value is -3.69. The summed E-state index contributed by atoms with van der Waals surface area (Å²) in [5.41, 5.74) is 8.64. The van der Waals surface area contributed by atoms with E-state index in [9.17, 15) is 22.8 Å². The predicted molar refractivity (Wildman–Crippen MR) is 108 cm³/mol. The van der Waals surface area contributed by atoms with Crippen molar-refractivity contribution >= 4 is 22.8 Å². The standard InChI is InChI=1S/C22H19F3N2O5/c23-22(24,25)32-13-6-4-12(5-7-13)10-27-15-2-1-3-17(31-11-18(28)29)20(15)19-14(21(26)30)8-9-16(19)27/h1-7,14H,8-11H2,(H2,26,30)(H,28,29). The summed E-state index contributed by atoms with van der Waals surface area (Å²) in [6.07, 6.45) is -3.68. The van der Waals surface area contributed by atoms with E-state index in [2.05, 4.69) is 4.74 Å². The molecule has 1 aliphatic carbocycles. The second kappa shape index (κ2) is 8.10. The quantitative estimate of drug-likeness (QED) is 0.575. The molecule has 0 spiro atoms. The van der Waals surface area contributed by atoms with Gasteiger partial charge in [0.05, 0.1) is 11.4 Å². The number of primary amides is 1. The molecule has 0 saturated heterocycles. The Morgan fingerprint density at radius 2 is 1.88 bits per heavy atom. The molecule has 7 nitrogen and oxygen atoms in total. The number of carbonyl (C=O) groups is 2. The third kappa shape index (κ3) is 4.20. The number of halogens is 3. The average molecular weight is 448 g/mol. The number of ether oxygens (including phenoxy) is 2. The molecule has 1 heterocycles. The van der Waals surface area contributed by atoms with Gasteiger partial charge in [0.2, 0.25) is 5.91 Å². The largest absolute Gasteiger partial charge is 0.573 e. The number of aliphatic carboxylic acids is 1. The van der Waals surface area contributed by atoms with E-state index in [4.69, 9.17) is 15.6 Å². The number of carbonyl (C=O) groups excluding carboxylic acids is 1. The molecule has 10 heteroatoms. The summed E-state index contributed by atoms with van der Waals surface area (Å²) in [6.45, 7) is -0.215. The third-order valence-corrected chi connectivity index (χ3v) is 5.41. The molecule has 0 fully saturated rings. The maximum Gasteiger partial charge on any atom is 0.573 e. The van der Waals surface area contributed by atoms with Crippen LogP contribution in [0.25, 0.3) is 10.9 Å². The Bertz CT molecular complexity index is 1180. The second-order valence-electron chi connectivity index (χ2n) is 7.46. The van der Waals surface area contributed by atoms with Crippen LogP contribution in [0.2, 0.25) is 0 Å². The van der Waals surface area contributed by atoms with Crippen LogP contribution in [0, 0.1) is 0 Å². The first-order valence-corrected chi connectivity index (χ1v) is 9.76. The zero-order valence-electron chi connectivity index (χ0n) is 16.7. The molecule has 1 aromatic heterocycles. The maximum atomic E-state index is 12.4. The lowest BCUT2D eigenvalue weighted by Crippen LogP contribution is -2.19. The Labute approximate surface area is 180 Å². The summed E-state index contributed by atoms with van der Waals surface area (Å²) in [5, 5.41) is 9.62. The van der Waals surface area contributed by atoms with Gasteiger partial charge in [0.25, 0.3) is 0 Å². The minimum Gasteiger partial charge on any atom is -0.481 e. The summed E-state index contributed by atoms with van der Waals surface area (Å²) in [7, 11) is 0. The van der Waals surface area contributed by atoms with Crippen LogP contribution in [0.4, 0.5) is 13.2 Å². The molecule has 3 aromatic rings. The molecule has 0 radical (unpaired) electrons. The molecule has 4 rings (SSSR count). The third-order valence-electron chi connectivity index (χ3n) is 5.41. The molecule has 168 valence electrons. The lowest BCUT2D eigenvalue weighted by atomic mass is 9.99. The maximum absolute atomic E-state index is 12.4. The van der Waals surface area contributed by atoms with Crippen molar-refractivity contribution in [3.05, 3.63) is 59.3 Å². The highest BCUT2D eigenvalue weighted by Crippen LogP contribution is 2.44. The van der Waals surface area contributed by atoms with Gasteiger partial charge in [0, 0.05) is 17.6 Å². The van der Waals surface area contributed by atoms with Crippen molar-refractivity contribution in [3.8, 4) is 11.5 Å². The molecule has 1 amide bonds. The lowest BCUT2D eigenvalue weighted by Gasteiger charge is -2.13. The van der Waals surface area contributed by atoms with Gasteiger partial charge in [0.1, 0.15) is 11.5 Å². The summed E-state index contributed by atoms with van der Waals surface area (Å²) in [4.78, 5) is 23.1. The molecule has 32 heavy (non-hydrogen) atoms. The smallest absolute Gasteiger partial charge is 0.481 e. The fraction of sp³-hybridized carbons (Fsp3) is 0.273. The van der Waals surface area contributed by atoms with Crippen LogP contribution in [-0.2, 0) is 22.6 Å². The van der Waals surface area contributed by atoms with Gasteiger partial charge in [-0.1, -0.05) is 18.2 Å². The molecule has 0 bridgehead atoms. The van der Waals surface area contributed by atoms with Crippen LogP contribution in [0.3, 0.4) is 0 Å². The highest BCUT2D eigenvalue weighted by molar-refractivity contribution is 5.97. The molecule has 2 aromatic carbocycles. The predicted octanol–water partition coefficient (Wildman–Crippen LogP) is 3.57. The molecule has 1 atom stereocenters. The number of nitrogens with zero attached hydrogens (tertiary/aromatic N) is 1.